The lowest BCUT2D eigenvalue weighted by molar-refractivity contribution is -0.137. The van der Waals surface area contributed by atoms with Crippen molar-refractivity contribution in [1.29, 1.82) is 0 Å². The van der Waals surface area contributed by atoms with Crippen molar-refractivity contribution in [3.8, 4) is 0 Å². The van der Waals surface area contributed by atoms with Crippen LogP contribution in [0.2, 0.25) is 0 Å². The Balaban J connectivity index is 2.76. The largest absolute Gasteiger partial charge is 0.416 e. The van der Waals surface area contributed by atoms with E-state index in [-0.39, 0.29) is 5.82 Å². The summed E-state index contributed by atoms with van der Waals surface area (Å²) in [6.07, 6.45) is -2.86. The van der Waals surface area contributed by atoms with Crippen LogP contribution in [-0.4, -0.2) is 4.98 Å². The number of nitrogens with two attached hydrogens (primary N) is 1. The van der Waals surface area contributed by atoms with Crippen LogP contribution < -0.4 is 5.73 Å². The third kappa shape index (κ3) is 1.68. The van der Waals surface area contributed by atoms with E-state index in [0.29, 0.717) is 16.3 Å². The highest BCUT2D eigenvalue weighted by Gasteiger charge is 2.30. The normalized spacial score (nSPS) is 12.0. The van der Waals surface area contributed by atoms with E-state index in [4.69, 9.17) is 5.73 Å². The van der Waals surface area contributed by atoms with Crippen LogP contribution in [0.4, 0.5) is 19.0 Å². The molecule has 1 aromatic carbocycles. The van der Waals surface area contributed by atoms with Gasteiger partial charge in [0.15, 0.2) is 0 Å². The van der Waals surface area contributed by atoms with E-state index >= 15 is 0 Å². The lowest BCUT2D eigenvalue weighted by atomic mass is 10.0. The van der Waals surface area contributed by atoms with Gasteiger partial charge in [-0.2, -0.15) is 13.2 Å². The molecule has 0 unspecified atom stereocenters. The van der Waals surface area contributed by atoms with Crippen LogP contribution in [0, 0.1) is 6.92 Å². The third-order valence-electron chi connectivity index (χ3n) is 2.44. The summed E-state index contributed by atoms with van der Waals surface area (Å²) in [7, 11) is 0. The van der Waals surface area contributed by atoms with Crippen LogP contribution in [0.15, 0.2) is 24.4 Å². The van der Waals surface area contributed by atoms with Gasteiger partial charge < -0.3 is 5.73 Å². The Morgan fingerprint density at radius 2 is 1.88 bits per heavy atom. The molecule has 0 atom stereocenters. The fourth-order valence-electron chi connectivity index (χ4n) is 1.58. The molecule has 0 aliphatic carbocycles. The van der Waals surface area contributed by atoms with Gasteiger partial charge in [-0.3, -0.25) is 0 Å². The number of anilines is 1. The molecule has 0 aliphatic heterocycles. The third-order valence-corrected chi connectivity index (χ3v) is 2.44. The maximum absolute atomic E-state index is 12.5. The van der Waals surface area contributed by atoms with E-state index in [1.807, 2.05) is 0 Å². The van der Waals surface area contributed by atoms with Gasteiger partial charge in [0.2, 0.25) is 0 Å². The number of halogens is 3. The van der Waals surface area contributed by atoms with Gasteiger partial charge in [0, 0.05) is 11.6 Å². The van der Waals surface area contributed by atoms with Crippen LogP contribution in [0.1, 0.15) is 11.1 Å². The van der Waals surface area contributed by atoms with Gasteiger partial charge in [0.05, 0.1) is 5.56 Å². The van der Waals surface area contributed by atoms with E-state index in [1.54, 1.807) is 6.92 Å². The van der Waals surface area contributed by atoms with Gasteiger partial charge in [0.1, 0.15) is 5.82 Å². The molecular weight excluding hydrogens is 217 g/mol. The standard InChI is InChI=1S/C11H9F3N2/c1-6-5-16-10(15)8-3-2-7(4-9(6)8)11(12,13)14/h2-5H,1H3,(H2,15,16). The number of aryl methyl sites for hydroxylation is 1. The Morgan fingerprint density at radius 1 is 1.19 bits per heavy atom. The summed E-state index contributed by atoms with van der Waals surface area (Å²) >= 11 is 0. The summed E-state index contributed by atoms with van der Waals surface area (Å²) in [5.74, 6) is 0.245. The van der Waals surface area contributed by atoms with Gasteiger partial charge in [0.25, 0.3) is 0 Å². The topological polar surface area (TPSA) is 38.9 Å². The van der Waals surface area contributed by atoms with Crippen molar-refractivity contribution >= 4 is 16.6 Å². The van der Waals surface area contributed by atoms with Crippen molar-refractivity contribution in [3.63, 3.8) is 0 Å². The minimum absolute atomic E-state index is 0.245. The monoisotopic (exact) mass is 226 g/mol. The second kappa shape index (κ2) is 3.37. The molecule has 0 saturated carbocycles. The van der Waals surface area contributed by atoms with Gasteiger partial charge in [-0.05, 0) is 30.0 Å². The first-order valence-corrected chi connectivity index (χ1v) is 4.61. The Kier molecular flexibility index (Phi) is 2.26. The molecule has 16 heavy (non-hydrogen) atoms. The van der Waals surface area contributed by atoms with Crippen LogP contribution in [-0.2, 0) is 6.18 Å². The van der Waals surface area contributed by atoms with E-state index in [0.717, 1.165) is 12.1 Å². The molecule has 0 saturated heterocycles. The SMILES string of the molecule is Cc1cnc(N)c2ccc(C(F)(F)F)cc12. The second-order valence-electron chi connectivity index (χ2n) is 3.58. The second-order valence-corrected chi connectivity index (χ2v) is 3.58. The van der Waals surface area contributed by atoms with Gasteiger partial charge in [-0.1, -0.05) is 6.07 Å². The Hall–Kier alpha value is -1.78. The molecule has 2 nitrogen and oxygen atoms in total. The molecule has 2 N–H and O–H groups in total. The predicted octanol–water partition coefficient (Wildman–Crippen LogP) is 3.14. The highest BCUT2D eigenvalue weighted by molar-refractivity contribution is 5.93. The highest BCUT2D eigenvalue weighted by Crippen LogP contribution is 2.33. The van der Waals surface area contributed by atoms with E-state index in [2.05, 4.69) is 4.98 Å². The average molecular weight is 226 g/mol. The molecule has 0 radical (unpaired) electrons. The molecule has 2 aromatic rings. The first-order chi connectivity index (χ1) is 7.39. The van der Waals surface area contributed by atoms with E-state index in [9.17, 15) is 13.2 Å². The van der Waals surface area contributed by atoms with Gasteiger partial charge in [-0.25, -0.2) is 4.98 Å². The summed E-state index contributed by atoms with van der Waals surface area (Å²) in [4.78, 5) is 3.90. The molecule has 2 rings (SSSR count). The molecule has 0 amide bonds. The van der Waals surface area contributed by atoms with E-state index < -0.39 is 11.7 Å². The first-order valence-electron chi connectivity index (χ1n) is 4.61. The molecule has 0 bridgehead atoms. The summed E-state index contributed by atoms with van der Waals surface area (Å²) in [5, 5.41) is 1.04. The molecule has 0 spiro atoms. The number of nitrogen functional groups attached to an aromatic ring is 1. The van der Waals surface area contributed by atoms with Crippen molar-refractivity contribution in [3.05, 3.63) is 35.5 Å². The zero-order valence-electron chi connectivity index (χ0n) is 8.47. The molecule has 0 aliphatic rings. The highest BCUT2D eigenvalue weighted by atomic mass is 19.4. The smallest absolute Gasteiger partial charge is 0.383 e. The molecule has 0 fully saturated rings. The Morgan fingerprint density at radius 3 is 2.50 bits per heavy atom. The number of aromatic nitrogens is 1. The Bertz CT molecular complexity index is 547. The molecule has 5 heteroatoms. The fraction of sp³-hybridized carbons (Fsp3) is 0.182. The van der Waals surface area contributed by atoms with Crippen LogP contribution in [0.5, 0.6) is 0 Å². The fourth-order valence-corrected chi connectivity index (χ4v) is 1.58. The summed E-state index contributed by atoms with van der Waals surface area (Å²) < 4.78 is 37.5. The molecular formula is C11H9F3N2. The number of rotatable bonds is 0. The lowest BCUT2D eigenvalue weighted by Gasteiger charge is -2.09. The number of benzene rings is 1. The average Bonchev–Trinajstić information content (AvgIpc) is 2.22. The van der Waals surface area contributed by atoms with Crippen LogP contribution in [0.25, 0.3) is 10.8 Å². The minimum atomic E-state index is -4.33. The maximum atomic E-state index is 12.5. The lowest BCUT2D eigenvalue weighted by Crippen LogP contribution is -2.05. The van der Waals surface area contributed by atoms with Gasteiger partial charge >= 0.3 is 6.18 Å². The zero-order chi connectivity index (χ0) is 11.9. The van der Waals surface area contributed by atoms with Crippen molar-refractivity contribution in [2.45, 2.75) is 13.1 Å². The number of hydrogen-bond acceptors (Lipinski definition) is 2. The number of hydrogen-bond donors (Lipinski definition) is 1. The quantitative estimate of drug-likeness (QED) is 0.749. The minimum Gasteiger partial charge on any atom is -0.383 e. The summed E-state index contributed by atoms with van der Waals surface area (Å²) in [5.41, 5.74) is 5.60. The molecule has 1 heterocycles. The maximum Gasteiger partial charge on any atom is 0.416 e. The van der Waals surface area contributed by atoms with Crippen molar-refractivity contribution < 1.29 is 13.2 Å². The van der Waals surface area contributed by atoms with E-state index in [1.165, 1.54) is 12.3 Å². The number of fused-ring (bicyclic) bond motifs is 1. The van der Waals surface area contributed by atoms with Crippen molar-refractivity contribution in [1.82, 2.24) is 4.98 Å². The Labute approximate surface area is 89.9 Å². The van der Waals surface area contributed by atoms with Crippen molar-refractivity contribution in [2.24, 2.45) is 0 Å². The van der Waals surface area contributed by atoms with Gasteiger partial charge in [-0.15, -0.1) is 0 Å². The number of alkyl halides is 3. The number of nitrogens with zero attached hydrogens (tertiary/aromatic N) is 1. The molecule has 84 valence electrons. The number of pyridine rings is 1. The zero-order valence-corrected chi connectivity index (χ0v) is 8.47. The summed E-state index contributed by atoms with van der Waals surface area (Å²) in [6.45, 7) is 1.70. The summed E-state index contributed by atoms with van der Waals surface area (Å²) in [6, 6.07) is 3.47. The van der Waals surface area contributed by atoms with Crippen molar-refractivity contribution in [2.75, 3.05) is 5.73 Å². The van der Waals surface area contributed by atoms with Crippen LogP contribution in [0.3, 0.4) is 0 Å². The molecule has 1 aromatic heterocycles. The predicted molar refractivity (Wildman–Crippen MR) is 55.9 cm³/mol. The van der Waals surface area contributed by atoms with Crippen LogP contribution >= 0.6 is 0 Å². The first kappa shape index (κ1) is 10.7.